The van der Waals surface area contributed by atoms with Crippen LogP contribution in [0.25, 0.3) is 0 Å². The van der Waals surface area contributed by atoms with E-state index in [4.69, 9.17) is 4.74 Å². The van der Waals surface area contributed by atoms with Crippen molar-refractivity contribution in [3.63, 3.8) is 0 Å². The van der Waals surface area contributed by atoms with Gasteiger partial charge in [0.15, 0.2) is 6.29 Å². The Morgan fingerprint density at radius 3 is 2.43 bits per heavy atom. The summed E-state index contributed by atoms with van der Waals surface area (Å²) in [6, 6.07) is 6.24. The third kappa shape index (κ3) is 5.69. The number of hydrogen-bond donors (Lipinski definition) is 2. The molecule has 2 rings (SSSR count). The zero-order valence-corrected chi connectivity index (χ0v) is 18.1. The highest BCUT2D eigenvalue weighted by Gasteiger charge is 2.27. The number of rotatable bonds is 9. The normalized spacial score (nSPS) is 19.6. The molecule has 2 N–H and O–H groups in total. The van der Waals surface area contributed by atoms with Crippen molar-refractivity contribution in [1.82, 2.24) is 4.90 Å². The van der Waals surface area contributed by atoms with E-state index in [0.29, 0.717) is 23.6 Å². The number of ether oxygens (including phenoxy) is 1. The van der Waals surface area contributed by atoms with Gasteiger partial charge in [0.05, 0.1) is 0 Å². The predicted octanol–water partition coefficient (Wildman–Crippen LogP) is 5.14. The maximum Gasteiger partial charge on any atom is 0.180 e. The van der Waals surface area contributed by atoms with E-state index in [1.54, 1.807) is 12.1 Å². The number of methoxy groups -OCH3 is 1. The first-order valence-electron chi connectivity index (χ1n) is 10.4. The summed E-state index contributed by atoms with van der Waals surface area (Å²) in [5, 5.41) is 20.7. The molecule has 1 aromatic carbocycles. The van der Waals surface area contributed by atoms with Crippen LogP contribution in [0.5, 0.6) is 5.75 Å². The first-order chi connectivity index (χ1) is 13.2. The largest absolute Gasteiger partial charge is 0.508 e. The van der Waals surface area contributed by atoms with Crippen molar-refractivity contribution in [2.24, 2.45) is 5.92 Å². The number of nitrogens with zero attached hydrogens (tertiary/aromatic N) is 1. The molecule has 0 saturated carbocycles. The molecule has 1 aliphatic rings. The van der Waals surface area contributed by atoms with Crippen molar-refractivity contribution in [2.75, 3.05) is 13.7 Å². The molecule has 28 heavy (non-hydrogen) atoms. The number of aliphatic hydroxyl groups is 1. The van der Waals surface area contributed by atoms with E-state index >= 15 is 0 Å². The Morgan fingerprint density at radius 1 is 1.21 bits per heavy atom. The zero-order valence-electron chi connectivity index (χ0n) is 18.1. The SMILES string of the molecule is C=C1C=CC(C(CCN(C(C)C)C(C)C)c2cc(C(O)OC)ccc2O)CC1. The van der Waals surface area contributed by atoms with Crippen LogP contribution in [0.3, 0.4) is 0 Å². The van der Waals surface area contributed by atoms with Crippen LogP contribution in [0.4, 0.5) is 0 Å². The van der Waals surface area contributed by atoms with Gasteiger partial charge in [0.1, 0.15) is 5.75 Å². The van der Waals surface area contributed by atoms with Gasteiger partial charge >= 0.3 is 0 Å². The summed E-state index contributed by atoms with van der Waals surface area (Å²) in [7, 11) is 1.48. The Kier molecular flexibility index (Phi) is 8.29. The molecule has 3 unspecified atom stereocenters. The summed E-state index contributed by atoms with van der Waals surface area (Å²) in [6.07, 6.45) is 6.33. The molecule has 0 bridgehead atoms. The second-order valence-corrected chi connectivity index (χ2v) is 8.45. The molecule has 0 fully saturated rings. The fraction of sp³-hybridized carbons (Fsp3) is 0.583. The van der Waals surface area contributed by atoms with Crippen LogP contribution in [0.15, 0.2) is 42.5 Å². The van der Waals surface area contributed by atoms with Crippen LogP contribution in [0.1, 0.15) is 70.3 Å². The molecule has 0 spiro atoms. The maximum absolute atomic E-state index is 10.6. The number of allylic oxidation sites excluding steroid dienone is 3. The monoisotopic (exact) mass is 387 g/mol. The van der Waals surface area contributed by atoms with Crippen molar-refractivity contribution in [3.8, 4) is 5.75 Å². The molecule has 0 heterocycles. The van der Waals surface area contributed by atoms with E-state index < -0.39 is 6.29 Å². The van der Waals surface area contributed by atoms with Gasteiger partial charge in [0.25, 0.3) is 0 Å². The zero-order chi connectivity index (χ0) is 20.8. The van der Waals surface area contributed by atoms with E-state index in [1.165, 1.54) is 7.11 Å². The van der Waals surface area contributed by atoms with Crippen molar-refractivity contribution >= 4 is 0 Å². The summed E-state index contributed by atoms with van der Waals surface area (Å²) in [6.45, 7) is 13.9. The highest BCUT2D eigenvalue weighted by atomic mass is 16.6. The van der Waals surface area contributed by atoms with Crippen LogP contribution in [-0.4, -0.2) is 40.9 Å². The van der Waals surface area contributed by atoms with Crippen molar-refractivity contribution in [1.29, 1.82) is 0 Å². The molecule has 3 atom stereocenters. The lowest BCUT2D eigenvalue weighted by Crippen LogP contribution is -2.38. The molecule has 0 aliphatic heterocycles. The standard InChI is InChI=1S/C24H37NO3/c1-16(2)25(17(3)4)14-13-21(19-9-7-18(5)8-10-19)22-15-20(24(27)28-6)11-12-23(22)26/h7,9,11-12,15-17,19,21,24,26-27H,5,8,10,13-14H2,1-4,6H3. The Labute approximate surface area is 170 Å². The molecule has 0 radical (unpaired) electrons. The lowest BCUT2D eigenvalue weighted by Gasteiger charge is -2.34. The molecule has 0 amide bonds. The second-order valence-electron chi connectivity index (χ2n) is 8.45. The van der Waals surface area contributed by atoms with Gasteiger partial charge in [-0.25, -0.2) is 0 Å². The highest BCUT2D eigenvalue weighted by Crippen LogP contribution is 2.40. The fourth-order valence-electron chi connectivity index (χ4n) is 4.29. The maximum atomic E-state index is 10.6. The molecular formula is C24H37NO3. The predicted molar refractivity (Wildman–Crippen MR) is 115 cm³/mol. The molecule has 1 aliphatic carbocycles. The summed E-state index contributed by atoms with van der Waals surface area (Å²) >= 11 is 0. The van der Waals surface area contributed by atoms with Gasteiger partial charge in [-0.2, -0.15) is 0 Å². The number of hydrogen-bond acceptors (Lipinski definition) is 4. The Balaban J connectivity index is 2.35. The van der Waals surface area contributed by atoms with Crippen LogP contribution in [0.2, 0.25) is 0 Å². The first-order valence-corrected chi connectivity index (χ1v) is 10.4. The first kappa shape index (κ1) is 22.7. The molecule has 0 saturated heterocycles. The molecule has 0 aromatic heterocycles. The third-order valence-electron chi connectivity index (χ3n) is 5.88. The van der Waals surface area contributed by atoms with Gasteiger partial charge in [-0.1, -0.05) is 30.4 Å². The van der Waals surface area contributed by atoms with Gasteiger partial charge in [-0.05, 0) is 83.0 Å². The van der Waals surface area contributed by atoms with E-state index in [-0.39, 0.29) is 11.7 Å². The topological polar surface area (TPSA) is 52.9 Å². The smallest absolute Gasteiger partial charge is 0.180 e. The molecule has 4 heteroatoms. The Hall–Kier alpha value is -1.62. The van der Waals surface area contributed by atoms with E-state index in [9.17, 15) is 10.2 Å². The minimum Gasteiger partial charge on any atom is -0.508 e. The molecule has 4 nitrogen and oxygen atoms in total. The number of phenols is 1. The molecular weight excluding hydrogens is 350 g/mol. The summed E-state index contributed by atoms with van der Waals surface area (Å²) in [5.74, 6) is 0.802. The average Bonchev–Trinajstić information content (AvgIpc) is 2.65. The summed E-state index contributed by atoms with van der Waals surface area (Å²) < 4.78 is 5.07. The average molecular weight is 388 g/mol. The molecule has 156 valence electrons. The van der Waals surface area contributed by atoms with E-state index in [0.717, 1.165) is 36.9 Å². The lowest BCUT2D eigenvalue weighted by molar-refractivity contribution is -0.0770. The Morgan fingerprint density at radius 2 is 1.89 bits per heavy atom. The van der Waals surface area contributed by atoms with Crippen LogP contribution < -0.4 is 0 Å². The van der Waals surface area contributed by atoms with Crippen LogP contribution in [0, 0.1) is 5.92 Å². The number of aromatic hydroxyl groups is 1. The number of benzene rings is 1. The number of phenolic OH excluding ortho intramolecular Hbond substituents is 1. The lowest BCUT2D eigenvalue weighted by atomic mass is 9.77. The van der Waals surface area contributed by atoms with Crippen molar-refractivity contribution in [3.05, 3.63) is 53.6 Å². The van der Waals surface area contributed by atoms with Gasteiger partial charge in [0, 0.05) is 24.8 Å². The summed E-state index contributed by atoms with van der Waals surface area (Å²) in [5.41, 5.74) is 2.73. The van der Waals surface area contributed by atoms with Gasteiger partial charge in [-0.3, -0.25) is 4.90 Å². The van der Waals surface area contributed by atoms with Crippen LogP contribution >= 0.6 is 0 Å². The quantitative estimate of drug-likeness (QED) is 0.576. The third-order valence-corrected chi connectivity index (χ3v) is 5.88. The van der Waals surface area contributed by atoms with Gasteiger partial charge in [-0.15, -0.1) is 0 Å². The van der Waals surface area contributed by atoms with Crippen LogP contribution in [-0.2, 0) is 4.74 Å². The summed E-state index contributed by atoms with van der Waals surface area (Å²) in [4.78, 5) is 2.49. The van der Waals surface area contributed by atoms with E-state index in [2.05, 4.69) is 51.3 Å². The highest BCUT2D eigenvalue weighted by molar-refractivity contribution is 5.40. The second kappa shape index (κ2) is 10.2. The number of aliphatic hydroxyl groups excluding tert-OH is 1. The van der Waals surface area contributed by atoms with Crippen molar-refractivity contribution in [2.45, 2.75) is 71.2 Å². The Bertz CT molecular complexity index is 672. The van der Waals surface area contributed by atoms with Gasteiger partial charge < -0.3 is 14.9 Å². The minimum absolute atomic E-state index is 0.174. The van der Waals surface area contributed by atoms with Crippen molar-refractivity contribution < 1.29 is 14.9 Å². The fourth-order valence-corrected chi connectivity index (χ4v) is 4.29. The molecule has 1 aromatic rings. The minimum atomic E-state index is -0.982. The van der Waals surface area contributed by atoms with Gasteiger partial charge in [0.2, 0.25) is 0 Å². The van der Waals surface area contributed by atoms with E-state index in [1.807, 2.05) is 6.07 Å².